The number of esters is 1. The van der Waals surface area contributed by atoms with Crippen LogP contribution in [0.25, 0.3) is 0 Å². The number of carbonyl (C=O) groups excluding carboxylic acids is 1. The molecule has 124 valence electrons. The van der Waals surface area contributed by atoms with E-state index < -0.39 is 5.54 Å². The van der Waals surface area contributed by atoms with Gasteiger partial charge in [0.2, 0.25) is 0 Å². The Balaban J connectivity index is 2.30. The van der Waals surface area contributed by atoms with Gasteiger partial charge < -0.3 is 15.4 Å². The summed E-state index contributed by atoms with van der Waals surface area (Å²) in [5.74, 6) is 1.39. The number of ether oxygens (including phenoxy) is 1. The van der Waals surface area contributed by atoms with Crippen LogP contribution in [-0.2, 0) is 9.53 Å². The molecule has 0 spiro atoms. The first-order valence-electron chi connectivity index (χ1n) is 8.55. The average molecular weight is 298 g/mol. The average Bonchev–Trinajstić information content (AvgIpc) is 2.64. The Kier molecular flexibility index (Phi) is 7.67. The van der Waals surface area contributed by atoms with Crippen molar-refractivity contribution in [3.05, 3.63) is 0 Å². The fraction of sp³-hybridized carbons (Fsp3) is 0.941. The molecule has 0 bridgehead atoms. The fourth-order valence-corrected chi connectivity index (χ4v) is 3.14. The van der Waals surface area contributed by atoms with Crippen molar-refractivity contribution >= 4 is 5.97 Å². The van der Waals surface area contributed by atoms with Crippen LogP contribution in [-0.4, -0.2) is 42.6 Å². The molecule has 1 fully saturated rings. The lowest BCUT2D eigenvalue weighted by molar-refractivity contribution is -0.149. The van der Waals surface area contributed by atoms with Crippen molar-refractivity contribution in [3.8, 4) is 0 Å². The Morgan fingerprint density at radius 1 is 1.38 bits per heavy atom. The molecule has 1 heterocycles. The van der Waals surface area contributed by atoms with Gasteiger partial charge in [0.25, 0.3) is 0 Å². The third-order valence-electron chi connectivity index (χ3n) is 4.72. The van der Waals surface area contributed by atoms with E-state index in [0.717, 1.165) is 24.8 Å². The van der Waals surface area contributed by atoms with E-state index in [1.54, 1.807) is 6.92 Å². The van der Waals surface area contributed by atoms with Gasteiger partial charge in [-0.25, -0.2) is 0 Å². The van der Waals surface area contributed by atoms with E-state index in [-0.39, 0.29) is 5.97 Å². The van der Waals surface area contributed by atoms with Crippen molar-refractivity contribution in [1.29, 1.82) is 0 Å². The normalized spacial score (nSPS) is 23.6. The summed E-state index contributed by atoms with van der Waals surface area (Å²) >= 11 is 0. The summed E-state index contributed by atoms with van der Waals surface area (Å²) in [6.45, 7) is 12.1. The highest BCUT2D eigenvalue weighted by Gasteiger charge is 2.29. The van der Waals surface area contributed by atoms with Gasteiger partial charge in [-0.2, -0.15) is 0 Å². The van der Waals surface area contributed by atoms with Crippen molar-refractivity contribution in [2.45, 2.75) is 65.3 Å². The molecule has 4 nitrogen and oxygen atoms in total. The first-order chi connectivity index (χ1) is 9.86. The summed E-state index contributed by atoms with van der Waals surface area (Å²) in [5.41, 5.74) is 5.22. The quantitative estimate of drug-likeness (QED) is 0.734. The second kappa shape index (κ2) is 8.74. The van der Waals surface area contributed by atoms with Gasteiger partial charge in [0, 0.05) is 0 Å². The van der Waals surface area contributed by atoms with Gasteiger partial charge >= 0.3 is 5.97 Å². The third-order valence-corrected chi connectivity index (χ3v) is 4.72. The number of hydrogen-bond acceptors (Lipinski definition) is 4. The number of hydrogen-bond donors (Lipinski definition) is 1. The van der Waals surface area contributed by atoms with Crippen LogP contribution < -0.4 is 5.73 Å². The lowest BCUT2D eigenvalue weighted by Crippen LogP contribution is -2.46. The summed E-state index contributed by atoms with van der Waals surface area (Å²) in [6.07, 6.45) is 5.59. The number of nitrogens with zero attached hydrogens (tertiary/aromatic N) is 1. The molecule has 2 atom stereocenters. The van der Waals surface area contributed by atoms with Crippen LogP contribution in [0.1, 0.15) is 59.8 Å². The Labute approximate surface area is 130 Å². The third kappa shape index (κ3) is 6.35. The van der Waals surface area contributed by atoms with E-state index in [9.17, 15) is 4.79 Å². The molecule has 1 aliphatic rings. The van der Waals surface area contributed by atoms with Crippen LogP contribution in [0.3, 0.4) is 0 Å². The monoisotopic (exact) mass is 298 g/mol. The molecule has 0 aromatic rings. The second-order valence-electron chi connectivity index (χ2n) is 7.02. The second-order valence-corrected chi connectivity index (χ2v) is 7.02. The zero-order valence-electron chi connectivity index (χ0n) is 14.4. The van der Waals surface area contributed by atoms with Gasteiger partial charge in [0.1, 0.15) is 5.54 Å². The van der Waals surface area contributed by atoms with Gasteiger partial charge in [-0.1, -0.05) is 13.8 Å². The minimum Gasteiger partial charge on any atom is -0.465 e. The summed E-state index contributed by atoms with van der Waals surface area (Å²) < 4.78 is 5.03. The SMILES string of the molecule is CCOC(=O)C(C)(N)CCCN1CCCC(C(C)C)CC1. The molecule has 2 N–H and O–H groups in total. The van der Waals surface area contributed by atoms with Crippen molar-refractivity contribution in [3.63, 3.8) is 0 Å². The highest BCUT2D eigenvalue weighted by atomic mass is 16.5. The Bertz CT molecular complexity index is 316. The lowest BCUT2D eigenvalue weighted by atomic mass is 9.89. The van der Waals surface area contributed by atoms with Crippen LogP contribution in [0.15, 0.2) is 0 Å². The first kappa shape index (κ1) is 18.4. The predicted octanol–water partition coefficient (Wildman–Crippen LogP) is 2.81. The van der Waals surface area contributed by atoms with Gasteiger partial charge in [-0.3, -0.25) is 4.79 Å². The zero-order chi connectivity index (χ0) is 15.9. The van der Waals surface area contributed by atoms with Gasteiger partial charge in [-0.05, 0) is 77.4 Å². The van der Waals surface area contributed by atoms with Crippen molar-refractivity contribution < 1.29 is 9.53 Å². The maximum atomic E-state index is 11.8. The number of likely N-dealkylation sites (tertiary alicyclic amines) is 1. The maximum Gasteiger partial charge on any atom is 0.325 e. The summed E-state index contributed by atoms with van der Waals surface area (Å²) in [6, 6.07) is 0. The first-order valence-corrected chi connectivity index (χ1v) is 8.55. The van der Waals surface area contributed by atoms with E-state index >= 15 is 0 Å². The summed E-state index contributed by atoms with van der Waals surface area (Å²) in [7, 11) is 0. The van der Waals surface area contributed by atoms with Crippen molar-refractivity contribution in [2.24, 2.45) is 17.6 Å². The van der Waals surface area contributed by atoms with E-state index in [1.165, 1.54) is 32.4 Å². The number of nitrogens with two attached hydrogens (primary N) is 1. The molecule has 0 radical (unpaired) electrons. The van der Waals surface area contributed by atoms with Gasteiger partial charge in [0.15, 0.2) is 0 Å². The Morgan fingerprint density at radius 3 is 2.71 bits per heavy atom. The molecule has 1 rings (SSSR count). The molecular weight excluding hydrogens is 264 g/mol. The molecule has 1 aliphatic heterocycles. The molecule has 21 heavy (non-hydrogen) atoms. The molecule has 0 amide bonds. The smallest absolute Gasteiger partial charge is 0.325 e. The van der Waals surface area contributed by atoms with E-state index in [4.69, 9.17) is 10.5 Å². The number of rotatable bonds is 7. The fourth-order valence-electron chi connectivity index (χ4n) is 3.14. The van der Waals surface area contributed by atoms with Crippen molar-refractivity contribution in [2.75, 3.05) is 26.2 Å². The van der Waals surface area contributed by atoms with Crippen LogP contribution >= 0.6 is 0 Å². The molecule has 0 aromatic heterocycles. The molecule has 0 aromatic carbocycles. The molecule has 4 heteroatoms. The van der Waals surface area contributed by atoms with Crippen LogP contribution in [0.2, 0.25) is 0 Å². The molecule has 2 unspecified atom stereocenters. The van der Waals surface area contributed by atoms with Crippen LogP contribution in [0.4, 0.5) is 0 Å². The summed E-state index contributed by atoms with van der Waals surface area (Å²) in [5, 5.41) is 0. The minimum absolute atomic E-state index is 0.277. The van der Waals surface area contributed by atoms with Crippen LogP contribution in [0.5, 0.6) is 0 Å². The predicted molar refractivity (Wildman–Crippen MR) is 87.1 cm³/mol. The molecule has 0 saturated carbocycles. The number of carbonyl (C=O) groups is 1. The molecular formula is C17H34N2O2. The highest BCUT2D eigenvalue weighted by Crippen LogP contribution is 2.24. The van der Waals surface area contributed by atoms with Crippen molar-refractivity contribution in [1.82, 2.24) is 4.90 Å². The standard InChI is InChI=1S/C17H34N2O2/c1-5-21-16(20)17(4,18)10-7-12-19-11-6-8-15(9-13-19)14(2)3/h14-15H,5-13,18H2,1-4H3. The lowest BCUT2D eigenvalue weighted by Gasteiger charge is -2.25. The van der Waals surface area contributed by atoms with E-state index in [1.807, 2.05) is 6.92 Å². The van der Waals surface area contributed by atoms with E-state index in [2.05, 4.69) is 18.7 Å². The maximum absolute atomic E-state index is 11.8. The zero-order valence-corrected chi connectivity index (χ0v) is 14.4. The minimum atomic E-state index is -0.845. The van der Waals surface area contributed by atoms with E-state index in [0.29, 0.717) is 13.0 Å². The highest BCUT2D eigenvalue weighted by molar-refractivity contribution is 5.79. The summed E-state index contributed by atoms with van der Waals surface area (Å²) in [4.78, 5) is 14.3. The largest absolute Gasteiger partial charge is 0.465 e. The van der Waals surface area contributed by atoms with Gasteiger partial charge in [0.05, 0.1) is 6.61 Å². The molecule has 0 aliphatic carbocycles. The Hall–Kier alpha value is -0.610. The van der Waals surface area contributed by atoms with Gasteiger partial charge in [-0.15, -0.1) is 0 Å². The Morgan fingerprint density at radius 2 is 2.10 bits per heavy atom. The van der Waals surface area contributed by atoms with Crippen LogP contribution in [0, 0.1) is 11.8 Å². The molecule has 1 saturated heterocycles. The topological polar surface area (TPSA) is 55.6 Å².